The lowest BCUT2D eigenvalue weighted by molar-refractivity contribution is -0.148. The van der Waals surface area contributed by atoms with Gasteiger partial charge in [-0.3, -0.25) is 4.79 Å². The number of rotatable bonds is 4. The zero-order chi connectivity index (χ0) is 13.0. The second-order valence-electron chi connectivity index (χ2n) is 3.82. The van der Waals surface area contributed by atoms with Crippen LogP contribution in [0.4, 0.5) is 5.69 Å². The van der Waals surface area contributed by atoms with Crippen LogP contribution in [-0.4, -0.2) is 29.7 Å². The van der Waals surface area contributed by atoms with Gasteiger partial charge in [0.2, 0.25) is 0 Å². The number of carbonyl (C=O) groups excluding carboxylic acids is 2. The Morgan fingerprint density at radius 3 is 2.65 bits per heavy atom. The summed E-state index contributed by atoms with van der Waals surface area (Å²) in [5.41, 5.74) is 6.19. The monoisotopic (exact) mass is 240 g/mol. The van der Waals surface area contributed by atoms with E-state index in [1.54, 1.807) is 13.8 Å². The van der Waals surface area contributed by atoms with Crippen molar-refractivity contribution in [1.82, 2.24) is 4.57 Å². The molecule has 6 heteroatoms. The first kappa shape index (κ1) is 13.1. The molecule has 0 aliphatic heterocycles. The third kappa shape index (κ3) is 3.51. The minimum atomic E-state index is -0.543. The van der Waals surface area contributed by atoms with Crippen LogP contribution in [0.2, 0.25) is 0 Å². The largest absolute Gasteiger partial charge is 0.464 e. The van der Waals surface area contributed by atoms with Crippen LogP contribution in [0.5, 0.6) is 0 Å². The molecule has 6 nitrogen and oxygen atoms in total. The SMILES string of the molecule is COC(=O)c1cc(N)cn1CC(=O)OC(C)C. The second-order valence-corrected chi connectivity index (χ2v) is 3.82. The lowest BCUT2D eigenvalue weighted by atomic mass is 10.4. The minimum Gasteiger partial charge on any atom is -0.464 e. The highest BCUT2D eigenvalue weighted by molar-refractivity contribution is 5.89. The van der Waals surface area contributed by atoms with Gasteiger partial charge in [-0.05, 0) is 19.9 Å². The molecular formula is C11H16N2O4. The van der Waals surface area contributed by atoms with Gasteiger partial charge in [-0.2, -0.15) is 0 Å². The molecule has 2 N–H and O–H groups in total. The molecule has 0 atom stereocenters. The average molecular weight is 240 g/mol. The van der Waals surface area contributed by atoms with Crippen molar-refractivity contribution in [3.63, 3.8) is 0 Å². The molecule has 1 heterocycles. The highest BCUT2D eigenvalue weighted by atomic mass is 16.5. The van der Waals surface area contributed by atoms with Crippen molar-refractivity contribution in [1.29, 1.82) is 0 Å². The molecule has 0 aliphatic carbocycles. The van der Waals surface area contributed by atoms with E-state index in [9.17, 15) is 9.59 Å². The molecule has 0 saturated heterocycles. The third-order valence-corrected chi connectivity index (χ3v) is 1.98. The molecule has 0 spiro atoms. The Labute approximate surface area is 99.3 Å². The summed E-state index contributed by atoms with van der Waals surface area (Å²) in [4.78, 5) is 22.9. The fourth-order valence-corrected chi connectivity index (χ4v) is 1.38. The van der Waals surface area contributed by atoms with E-state index in [-0.39, 0.29) is 18.3 Å². The number of nitrogen functional groups attached to an aromatic ring is 1. The van der Waals surface area contributed by atoms with Crippen molar-refractivity contribution >= 4 is 17.6 Å². The first-order chi connectivity index (χ1) is 7.93. The maximum atomic E-state index is 11.5. The van der Waals surface area contributed by atoms with Crippen LogP contribution < -0.4 is 5.73 Å². The number of esters is 2. The number of aromatic nitrogens is 1. The first-order valence-electron chi connectivity index (χ1n) is 5.17. The lowest BCUT2D eigenvalue weighted by Crippen LogP contribution is -2.20. The normalized spacial score (nSPS) is 10.4. The van der Waals surface area contributed by atoms with E-state index in [0.29, 0.717) is 5.69 Å². The van der Waals surface area contributed by atoms with E-state index in [0.717, 1.165) is 0 Å². The summed E-state index contributed by atoms with van der Waals surface area (Å²) in [5.74, 6) is -0.972. The molecular weight excluding hydrogens is 224 g/mol. The third-order valence-electron chi connectivity index (χ3n) is 1.98. The molecule has 17 heavy (non-hydrogen) atoms. The Morgan fingerprint density at radius 1 is 1.47 bits per heavy atom. The van der Waals surface area contributed by atoms with E-state index < -0.39 is 11.9 Å². The smallest absolute Gasteiger partial charge is 0.354 e. The lowest BCUT2D eigenvalue weighted by Gasteiger charge is -2.10. The maximum absolute atomic E-state index is 11.5. The zero-order valence-electron chi connectivity index (χ0n) is 10.1. The molecule has 0 saturated carbocycles. The summed E-state index contributed by atoms with van der Waals surface area (Å²) in [6, 6.07) is 1.45. The first-order valence-corrected chi connectivity index (χ1v) is 5.17. The van der Waals surface area contributed by atoms with Crippen LogP contribution in [-0.2, 0) is 20.8 Å². The standard InChI is InChI=1S/C11H16N2O4/c1-7(2)17-10(14)6-13-5-8(12)4-9(13)11(15)16-3/h4-5,7H,6,12H2,1-3H3. The number of methoxy groups -OCH3 is 1. The summed E-state index contributed by atoms with van der Waals surface area (Å²) in [5, 5.41) is 0. The Kier molecular flexibility index (Phi) is 4.14. The van der Waals surface area contributed by atoms with Crippen LogP contribution in [0.15, 0.2) is 12.3 Å². The van der Waals surface area contributed by atoms with Gasteiger partial charge < -0.3 is 19.8 Å². The van der Waals surface area contributed by atoms with Crippen molar-refractivity contribution in [2.75, 3.05) is 12.8 Å². The summed E-state index contributed by atoms with van der Waals surface area (Å²) in [6.07, 6.45) is 1.30. The van der Waals surface area contributed by atoms with Crippen molar-refractivity contribution in [3.05, 3.63) is 18.0 Å². The van der Waals surface area contributed by atoms with Gasteiger partial charge in [0.1, 0.15) is 12.2 Å². The van der Waals surface area contributed by atoms with E-state index in [4.69, 9.17) is 10.5 Å². The fourth-order valence-electron chi connectivity index (χ4n) is 1.38. The van der Waals surface area contributed by atoms with Gasteiger partial charge in [-0.25, -0.2) is 4.79 Å². The van der Waals surface area contributed by atoms with E-state index in [2.05, 4.69) is 4.74 Å². The van der Waals surface area contributed by atoms with Gasteiger partial charge in [0, 0.05) is 6.20 Å². The molecule has 94 valence electrons. The summed E-state index contributed by atoms with van der Waals surface area (Å²) in [6.45, 7) is 3.44. The van der Waals surface area contributed by atoms with Gasteiger partial charge in [0.15, 0.2) is 0 Å². The fraction of sp³-hybridized carbons (Fsp3) is 0.455. The topological polar surface area (TPSA) is 83.5 Å². The van der Waals surface area contributed by atoms with Crippen molar-refractivity contribution in [3.8, 4) is 0 Å². The highest BCUT2D eigenvalue weighted by Gasteiger charge is 2.16. The van der Waals surface area contributed by atoms with Gasteiger partial charge in [0.25, 0.3) is 0 Å². The van der Waals surface area contributed by atoms with Crippen LogP contribution in [0, 0.1) is 0 Å². The molecule has 1 aromatic heterocycles. The van der Waals surface area contributed by atoms with Gasteiger partial charge >= 0.3 is 11.9 Å². The molecule has 0 aliphatic rings. The predicted octanol–water partition coefficient (Wildman–Crippen LogP) is 0.808. The van der Waals surface area contributed by atoms with E-state index in [1.807, 2.05) is 0 Å². The number of hydrogen-bond acceptors (Lipinski definition) is 5. The van der Waals surface area contributed by atoms with E-state index in [1.165, 1.54) is 23.9 Å². The molecule has 1 rings (SSSR count). The Bertz CT molecular complexity index is 423. The van der Waals surface area contributed by atoms with Crippen LogP contribution in [0.3, 0.4) is 0 Å². The average Bonchev–Trinajstić information content (AvgIpc) is 2.57. The molecule has 0 fully saturated rings. The summed E-state index contributed by atoms with van der Waals surface area (Å²) in [7, 11) is 1.27. The molecule has 0 radical (unpaired) electrons. The molecule has 0 amide bonds. The number of carbonyl (C=O) groups is 2. The minimum absolute atomic E-state index is 0.0696. The maximum Gasteiger partial charge on any atom is 0.354 e. The Morgan fingerprint density at radius 2 is 2.12 bits per heavy atom. The highest BCUT2D eigenvalue weighted by Crippen LogP contribution is 2.12. The quantitative estimate of drug-likeness (QED) is 0.787. The van der Waals surface area contributed by atoms with Crippen LogP contribution in [0.1, 0.15) is 24.3 Å². The number of anilines is 1. The van der Waals surface area contributed by atoms with Gasteiger partial charge in [-0.1, -0.05) is 0 Å². The molecule has 1 aromatic rings. The molecule has 0 bridgehead atoms. The zero-order valence-corrected chi connectivity index (χ0v) is 10.1. The Hall–Kier alpha value is -1.98. The summed E-state index contributed by atoms with van der Waals surface area (Å²) >= 11 is 0. The predicted molar refractivity (Wildman–Crippen MR) is 61.4 cm³/mol. The second kappa shape index (κ2) is 5.38. The molecule has 0 unspecified atom stereocenters. The van der Waals surface area contributed by atoms with Crippen molar-refractivity contribution in [2.45, 2.75) is 26.5 Å². The summed E-state index contributed by atoms with van der Waals surface area (Å²) < 4.78 is 11.0. The van der Waals surface area contributed by atoms with Crippen LogP contribution in [0.25, 0.3) is 0 Å². The van der Waals surface area contributed by atoms with Crippen molar-refractivity contribution < 1.29 is 19.1 Å². The Balaban J connectivity index is 2.83. The van der Waals surface area contributed by atoms with Crippen LogP contribution >= 0.6 is 0 Å². The number of nitrogens with zero attached hydrogens (tertiary/aromatic N) is 1. The van der Waals surface area contributed by atoms with Gasteiger partial charge in [0.05, 0.1) is 18.9 Å². The van der Waals surface area contributed by atoms with E-state index >= 15 is 0 Å². The van der Waals surface area contributed by atoms with Gasteiger partial charge in [-0.15, -0.1) is 0 Å². The molecule has 0 aromatic carbocycles. The number of nitrogens with two attached hydrogens (primary N) is 1. The number of hydrogen-bond donors (Lipinski definition) is 1. The van der Waals surface area contributed by atoms with Crippen molar-refractivity contribution in [2.24, 2.45) is 0 Å². The number of ether oxygens (including phenoxy) is 2.